The summed E-state index contributed by atoms with van der Waals surface area (Å²) in [6.07, 6.45) is -1.65. The molecule has 1 nitrogen and oxygen atoms in total. The minimum atomic E-state index is -3.15. The molecule has 0 heterocycles. The van der Waals surface area contributed by atoms with E-state index >= 15 is 0 Å². The maximum absolute atomic E-state index is 13.0. The van der Waals surface area contributed by atoms with Crippen LogP contribution >= 0.6 is 0 Å². The zero-order valence-electron chi connectivity index (χ0n) is 10.7. The zero-order valence-corrected chi connectivity index (χ0v) is 10.7. The van der Waals surface area contributed by atoms with Crippen molar-refractivity contribution in [3.8, 4) is 0 Å². The van der Waals surface area contributed by atoms with Gasteiger partial charge >= 0.3 is 0 Å². The quantitative estimate of drug-likeness (QED) is 0.809. The van der Waals surface area contributed by atoms with Gasteiger partial charge in [0.05, 0.1) is 0 Å². The highest BCUT2D eigenvalue weighted by Crippen LogP contribution is 2.30. The highest BCUT2D eigenvalue weighted by Gasteiger charge is 2.36. The Kier molecular flexibility index (Phi) is 10.1. The molecule has 0 saturated carbocycles. The molecule has 0 saturated heterocycles. The van der Waals surface area contributed by atoms with Crippen molar-refractivity contribution in [2.75, 3.05) is 0 Å². The van der Waals surface area contributed by atoms with Gasteiger partial charge in [-0.25, -0.2) is 0 Å². The van der Waals surface area contributed by atoms with E-state index in [0.29, 0.717) is 0 Å². The van der Waals surface area contributed by atoms with Gasteiger partial charge in [0, 0.05) is 5.56 Å². The molecule has 1 N–H and O–H groups in total. The Morgan fingerprint density at radius 1 is 1.00 bits per heavy atom. The minimum Gasteiger partial charge on any atom is -0.387 e. The van der Waals surface area contributed by atoms with Crippen LogP contribution in [0, 0.1) is 0 Å². The van der Waals surface area contributed by atoms with E-state index in [1.807, 2.05) is 27.7 Å². The highest BCUT2D eigenvalue weighted by molar-refractivity contribution is 5.20. The summed E-state index contributed by atoms with van der Waals surface area (Å²) in [7, 11) is 0. The molecule has 0 spiro atoms. The number of hydrogen-bond donors (Lipinski definition) is 1. The van der Waals surface area contributed by atoms with E-state index in [1.165, 1.54) is 24.3 Å². The van der Waals surface area contributed by atoms with Gasteiger partial charge in [0.25, 0.3) is 5.92 Å². The molecular formula is C13H22F2O. The third-order valence-corrected chi connectivity index (χ3v) is 1.68. The molecule has 0 radical (unpaired) electrons. The number of aliphatic hydroxyl groups is 1. The van der Waals surface area contributed by atoms with Crippen LogP contribution in [0.2, 0.25) is 0 Å². The molecule has 0 aliphatic heterocycles. The highest BCUT2D eigenvalue weighted by atomic mass is 19.3. The average Bonchev–Trinajstić information content (AvgIpc) is 2.35. The predicted octanol–water partition coefficient (Wildman–Crippen LogP) is 4.21. The number of alkyl halides is 2. The largest absolute Gasteiger partial charge is 0.387 e. The van der Waals surface area contributed by atoms with E-state index in [1.54, 1.807) is 6.07 Å². The summed E-state index contributed by atoms with van der Waals surface area (Å²) >= 11 is 0. The van der Waals surface area contributed by atoms with E-state index in [4.69, 9.17) is 5.11 Å². The van der Waals surface area contributed by atoms with Gasteiger partial charge in [0.15, 0.2) is 0 Å². The Hall–Kier alpha value is -0.960. The first-order chi connectivity index (χ1) is 7.55. The molecule has 0 aliphatic rings. The van der Waals surface area contributed by atoms with Crippen LogP contribution in [0.1, 0.15) is 40.2 Å². The average molecular weight is 232 g/mol. The molecule has 0 amide bonds. The topological polar surface area (TPSA) is 20.2 Å². The van der Waals surface area contributed by atoms with Crippen LogP contribution in [0.4, 0.5) is 8.78 Å². The van der Waals surface area contributed by atoms with Crippen molar-refractivity contribution in [2.24, 2.45) is 0 Å². The first kappa shape index (κ1) is 17.4. The Labute approximate surface area is 97.1 Å². The second-order valence-corrected chi connectivity index (χ2v) is 2.66. The molecular weight excluding hydrogens is 210 g/mol. The van der Waals surface area contributed by atoms with E-state index < -0.39 is 12.0 Å². The number of aliphatic hydroxyl groups excluding tert-OH is 1. The normalized spacial score (nSPS) is 11.5. The lowest BCUT2D eigenvalue weighted by molar-refractivity contribution is -0.106. The summed E-state index contributed by atoms with van der Waals surface area (Å²) in [5.74, 6) is -3.15. The van der Waals surface area contributed by atoms with Crippen LogP contribution in [0.3, 0.4) is 0 Å². The van der Waals surface area contributed by atoms with Crippen LogP contribution < -0.4 is 0 Å². The number of rotatable bonds is 2. The van der Waals surface area contributed by atoms with Crippen molar-refractivity contribution in [3.63, 3.8) is 0 Å². The van der Waals surface area contributed by atoms with Crippen molar-refractivity contribution in [2.45, 2.75) is 46.6 Å². The summed E-state index contributed by atoms with van der Waals surface area (Å²) in [6.45, 7) is 9.08. The van der Waals surface area contributed by atoms with E-state index in [-0.39, 0.29) is 5.56 Å². The maximum atomic E-state index is 13.0. The van der Waals surface area contributed by atoms with Crippen LogP contribution in [-0.2, 0) is 5.92 Å². The van der Waals surface area contributed by atoms with Gasteiger partial charge in [-0.3, -0.25) is 0 Å². The molecule has 3 heteroatoms. The molecule has 0 bridgehead atoms. The summed E-state index contributed by atoms with van der Waals surface area (Å²) in [4.78, 5) is 0. The van der Waals surface area contributed by atoms with Crippen LogP contribution in [-0.4, -0.2) is 11.2 Å². The van der Waals surface area contributed by atoms with Crippen LogP contribution in [0.5, 0.6) is 0 Å². The van der Waals surface area contributed by atoms with Crippen molar-refractivity contribution in [1.29, 1.82) is 0 Å². The van der Waals surface area contributed by atoms with E-state index in [9.17, 15) is 8.78 Å². The Morgan fingerprint density at radius 3 is 1.69 bits per heavy atom. The second-order valence-electron chi connectivity index (χ2n) is 2.66. The Morgan fingerprint density at radius 2 is 1.38 bits per heavy atom. The Bertz CT molecular complexity index is 245. The van der Waals surface area contributed by atoms with Gasteiger partial charge in [0.2, 0.25) is 0 Å². The van der Waals surface area contributed by atoms with Crippen molar-refractivity contribution < 1.29 is 13.9 Å². The monoisotopic (exact) mass is 232 g/mol. The number of benzene rings is 1. The third-order valence-electron chi connectivity index (χ3n) is 1.68. The summed E-state index contributed by atoms with van der Waals surface area (Å²) in [5, 5.41) is 8.78. The van der Waals surface area contributed by atoms with Crippen LogP contribution in [0.25, 0.3) is 0 Å². The minimum absolute atomic E-state index is 0.153. The lowest BCUT2D eigenvalue weighted by atomic mass is 10.0. The fourth-order valence-electron chi connectivity index (χ4n) is 0.902. The summed E-state index contributed by atoms with van der Waals surface area (Å²) < 4.78 is 26.1. The summed E-state index contributed by atoms with van der Waals surface area (Å²) in [6, 6.07) is 7.29. The standard InChI is InChI=1S/C9H10F2O.2C2H6/c1-7(12)9(10,11)8-5-3-2-4-6-8;2*1-2/h2-7,12H,1H3;2*1-2H3/t7-;;/m1../s1. The SMILES string of the molecule is CC.CC.C[C@@H](O)C(F)(F)c1ccccc1. The van der Waals surface area contributed by atoms with Gasteiger partial charge in [0.1, 0.15) is 6.10 Å². The first-order valence-electron chi connectivity index (χ1n) is 5.66. The smallest absolute Gasteiger partial charge is 0.298 e. The molecule has 16 heavy (non-hydrogen) atoms. The van der Waals surface area contributed by atoms with Crippen molar-refractivity contribution in [1.82, 2.24) is 0 Å². The van der Waals surface area contributed by atoms with Gasteiger partial charge in [-0.15, -0.1) is 0 Å². The molecule has 1 aromatic carbocycles. The molecule has 0 aliphatic carbocycles. The lowest BCUT2D eigenvalue weighted by Gasteiger charge is -2.19. The van der Waals surface area contributed by atoms with Gasteiger partial charge in [-0.2, -0.15) is 8.78 Å². The fraction of sp³-hybridized carbons (Fsp3) is 0.538. The van der Waals surface area contributed by atoms with Crippen molar-refractivity contribution in [3.05, 3.63) is 35.9 Å². The lowest BCUT2D eigenvalue weighted by Crippen LogP contribution is -2.27. The number of halogens is 2. The second kappa shape index (κ2) is 9.28. The van der Waals surface area contributed by atoms with E-state index in [2.05, 4.69) is 0 Å². The zero-order chi connectivity index (χ0) is 13.2. The first-order valence-corrected chi connectivity index (χ1v) is 5.66. The maximum Gasteiger partial charge on any atom is 0.298 e. The Balaban J connectivity index is 0. The molecule has 1 atom stereocenters. The molecule has 1 aromatic rings. The predicted molar refractivity (Wildman–Crippen MR) is 64.7 cm³/mol. The fourth-order valence-corrected chi connectivity index (χ4v) is 0.902. The summed E-state index contributed by atoms with van der Waals surface area (Å²) in [5.41, 5.74) is -0.153. The molecule has 0 aromatic heterocycles. The molecule has 0 fully saturated rings. The van der Waals surface area contributed by atoms with Gasteiger partial charge in [-0.05, 0) is 6.92 Å². The molecule has 0 unspecified atom stereocenters. The van der Waals surface area contributed by atoms with E-state index in [0.717, 1.165) is 6.92 Å². The van der Waals surface area contributed by atoms with Crippen molar-refractivity contribution >= 4 is 0 Å². The molecule has 94 valence electrons. The van der Waals surface area contributed by atoms with Gasteiger partial charge < -0.3 is 5.11 Å². The molecule has 1 rings (SSSR count). The number of hydrogen-bond acceptors (Lipinski definition) is 1. The van der Waals surface area contributed by atoms with Gasteiger partial charge in [-0.1, -0.05) is 58.0 Å². The third kappa shape index (κ3) is 5.21. The van der Waals surface area contributed by atoms with Crippen LogP contribution in [0.15, 0.2) is 30.3 Å².